The van der Waals surface area contributed by atoms with Crippen LogP contribution >= 0.6 is 22.7 Å². The van der Waals surface area contributed by atoms with E-state index in [2.05, 4.69) is 99.5 Å². The van der Waals surface area contributed by atoms with Crippen molar-refractivity contribution in [3.63, 3.8) is 0 Å². The third-order valence-corrected chi connectivity index (χ3v) is 18.4. The molecule has 0 bridgehead atoms. The number of benzene rings is 4. The average Bonchev–Trinajstić information content (AvgIpc) is 1.59. The molecule has 2 aliphatic heterocycles. The molecule has 0 aliphatic carbocycles. The zero-order chi connectivity index (χ0) is 62.0. The lowest BCUT2D eigenvalue weighted by atomic mass is 10.2. The number of fused-ring (bicyclic) bond motifs is 4. The van der Waals surface area contributed by atoms with Crippen LogP contribution in [-0.4, -0.2) is 144 Å². The number of rotatable bonds is 30. The molecule has 11 rings (SSSR count). The first-order valence-electron chi connectivity index (χ1n) is 31.2. The summed E-state index contributed by atoms with van der Waals surface area (Å²) in [6.07, 6.45) is 8.20. The maximum Gasteiger partial charge on any atom is 0.307 e. The van der Waals surface area contributed by atoms with Crippen molar-refractivity contribution in [3.05, 3.63) is 164 Å². The van der Waals surface area contributed by atoms with Gasteiger partial charge in [0, 0.05) is 134 Å². The Balaban J connectivity index is 0.521. The summed E-state index contributed by atoms with van der Waals surface area (Å²) in [4.78, 5) is 95.3. The summed E-state index contributed by atoms with van der Waals surface area (Å²) in [5.41, 5.74) is 3.30. The number of hydrogen-bond donors (Lipinski definition) is 2. The van der Waals surface area contributed by atoms with E-state index in [1.807, 2.05) is 36.4 Å². The summed E-state index contributed by atoms with van der Waals surface area (Å²) in [6, 6.07) is 35.1. The van der Waals surface area contributed by atoms with Crippen molar-refractivity contribution in [2.75, 3.05) is 102 Å². The first-order valence-corrected chi connectivity index (χ1v) is 33.0. The third kappa shape index (κ3) is 16.6. The molecule has 470 valence electrons. The molecule has 5 aromatic heterocycles. The quantitative estimate of drug-likeness (QED) is 0.0317. The van der Waals surface area contributed by atoms with Crippen molar-refractivity contribution in [1.82, 2.24) is 39.5 Å². The minimum absolute atomic E-state index is 0.0211. The van der Waals surface area contributed by atoms with Crippen LogP contribution in [0, 0.1) is 0 Å². The summed E-state index contributed by atoms with van der Waals surface area (Å²) in [6.45, 7) is 11.3. The maximum atomic E-state index is 13.0. The van der Waals surface area contributed by atoms with E-state index in [0.717, 1.165) is 102 Å². The van der Waals surface area contributed by atoms with Crippen LogP contribution in [0.5, 0.6) is 11.5 Å². The average molecular weight is 1260 g/mol. The van der Waals surface area contributed by atoms with E-state index >= 15 is 0 Å². The molecule has 20 nitrogen and oxygen atoms in total. The van der Waals surface area contributed by atoms with Gasteiger partial charge >= 0.3 is 11.9 Å². The van der Waals surface area contributed by atoms with Gasteiger partial charge in [0.05, 0.1) is 36.6 Å². The molecule has 7 heterocycles. The van der Waals surface area contributed by atoms with Gasteiger partial charge in [0.1, 0.15) is 22.9 Å². The number of esters is 2. The molecule has 2 amide bonds. The van der Waals surface area contributed by atoms with Crippen LogP contribution in [0.2, 0.25) is 0 Å². The molecule has 0 radical (unpaired) electrons. The van der Waals surface area contributed by atoms with E-state index in [1.54, 1.807) is 34.8 Å². The predicted molar refractivity (Wildman–Crippen MR) is 353 cm³/mol. The number of unbranched alkanes of at least 4 members (excludes halogenated alkanes) is 4. The van der Waals surface area contributed by atoms with Crippen molar-refractivity contribution < 1.29 is 38.1 Å². The fraction of sp³-hybridized carbons (Fsp3) is 0.382. The Hall–Kier alpha value is -8.70. The number of thiophene rings is 2. The van der Waals surface area contributed by atoms with Gasteiger partial charge < -0.3 is 39.4 Å². The van der Waals surface area contributed by atoms with Gasteiger partial charge in [-0.2, -0.15) is 0 Å². The van der Waals surface area contributed by atoms with E-state index in [-0.39, 0.29) is 61.9 Å². The van der Waals surface area contributed by atoms with Gasteiger partial charge in [0.2, 0.25) is 0 Å². The van der Waals surface area contributed by atoms with Gasteiger partial charge in [-0.1, -0.05) is 12.1 Å². The molecule has 0 spiro atoms. The first-order chi connectivity index (χ1) is 44.1. The first kappa shape index (κ1) is 62.9. The fourth-order valence-corrected chi connectivity index (χ4v) is 13.1. The lowest BCUT2D eigenvalue weighted by molar-refractivity contribution is -0.148. The van der Waals surface area contributed by atoms with Crippen LogP contribution in [0.25, 0.3) is 42.0 Å². The Morgan fingerprint density at radius 3 is 1.34 bits per heavy atom. The number of aromatic nitrogens is 4. The number of carbonyl (C=O) groups is 4. The van der Waals surface area contributed by atoms with Gasteiger partial charge in [-0.25, -0.2) is 9.97 Å². The Morgan fingerprint density at radius 1 is 0.478 bits per heavy atom. The number of ether oxygens (including phenoxy) is 4. The van der Waals surface area contributed by atoms with Crippen molar-refractivity contribution in [3.8, 4) is 11.5 Å². The highest BCUT2D eigenvalue weighted by atomic mass is 32.1. The van der Waals surface area contributed by atoms with E-state index in [1.165, 1.54) is 65.2 Å². The van der Waals surface area contributed by atoms with E-state index in [9.17, 15) is 28.8 Å². The maximum absolute atomic E-state index is 13.0. The molecule has 9 aromatic rings. The summed E-state index contributed by atoms with van der Waals surface area (Å²) >= 11 is 3.57. The molecule has 2 fully saturated rings. The fourth-order valence-electron chi connectivity index (χ4n) is 11.5. The van der Waals surface area contributed by atoms with E-state index < -0.39 is 23.8 Å². The predicted octanol–water partition coefficient (Wildman–Crippen LogP) is 9.70. The van der Waals surface area contributed by atoms with Gasteiger partial charge in [-0.3, -0.25) is 47.7 Å². The Labute approximate surface area is 529 Å². The number of anilines is 2. The summed E-state index contributed by atoms with van der Waals surface area (Å²) < 4.78 is 28.8. The Kier molecular flexibility index (Phi) is 21.8. The number of carbonyl (C=O) groups excluding carboxylic acids is 4. The topological polar surface area (TPSA) is 212 Å². The minimum Gasteiger partial charge on any atom is -0.494 e. The minimum atomic E-state index is -0.485. The molecule has 0 atom stereocenters. The molecular weight excluding hydrogens is 1180 g/mol. The standard InChI is InChI=1S/C68H76N10O10S2/c79-63-23-19-49-17-21-51(85-39-7-5-29-73-31-35-75(36-32-73)57-11-9-13-61-53(57)25-41-89-61)43-59(49)77(63)47-87-65(81)15-1-3-27-69-67(83)55-45-72-56(46-71-55)68(84)70-28-4-2-16-66(82)88-48-78-60-44-52(22-18-50(60)20-24-64(78)80)86-40-8-6-30-74-33-37-76(38-34-74)58-12-10-14-62-54(58)26-42-90-62/h9-14,17-26,41-46H,1-8,15-16,27-40,47-48H2,(H,69,83)(H,70,84). The van der Waals surface area contributed by atoms with Crippen LogP contribution in [0.4, 0.5) is 11.4 Å². The van der Waals surface area contributed by atoms with E-state index in [0.29, 0.717) is 61.4 Å². The molecule has 4 aromatic carbocycles. The molecule has 2 aliphatic rings. The van der Waals surface area contributed by atoms with Gasteiger partial charge in [-0.15, -0.1) is 22.7 Å². The van der Waals surface area contributed by atoms with Crippen LogP contribution in [-0.2, 0) is 32.5 Å². The monoisotopic (exact) mass is 1260 g/mol. The second-order valence-corrected chi connectivity index (χ2v) is 24.5. The lowest BCUT2D eigenvalue weighted by Crippen LogP contribution is -2.46. The Bertz CT molecular complexity index is 3780. The summed E-state index contributed by atoms with van der Waals surface area (Å²) in [5.74, 6) is -0.650. The third-order valence-electron chi connectivity index (χ3n) is 16.6. The number of piperazine rings is 2. The highest BCUT2D eigenvalue weighted by Gasteiger charge is 2.21. The second-order valence-electron chi connectivity index (χ2n) is 22.6. The molecular formula is C68H76N10O10S2. The van der Waals surface area contributed by atoms with Crippen molar-refractivity contribution in [2.45, 2.75) is 77.7 Å². The molecule has 2 saturated heterocycles. The number of pyridine rings is 2. The number of amides is 2. The summed E-state index contributed by atoms with van der Waals surface area (Å²) in [5, 5.41) is 14.1. The van der Waals surface area contributed by atoms with Gasteiger partial charge in [0.15, 0.2) is 13.5 Å². The second kappa shape index (κ2) is 31.2. The normalized spacial score (nSPS) is 13.9. The van der Waals surface area contributed by atoms with Crippen LogP contribution in [0.3, 0.4) is 0 Å². The number of nitrogens with one attached hydrogen (secondary N) is 2. The molecule has 90 heavy (non-hydrogen) atoms. The van der Waals surface area contributed by atoms with Crippen LogP contribution in [0.1, 0.15) is 85.2 Å². The highest BCUT2D eigenvalue weighted by Crippen LogP contribution is 2.33. The number of nitrogens with zero attached hydrogens (tertiary/aromatic N) is 8. The van der Waals surface area contributed by atoms with Crippen molar-refractivity contribution in [2.24, 2.45) is 0 Å². The largest absolute Gasteiger partial charge is 0.494 e. The number of hydrogen-bond acceptors (Lipinski definition) is 18. The SMILES string of the molecule is O=C(CCCCNC(=O)c1cnc(C(=O)NCCCCC(=O)OCn2c(=O)ccc3ccc(OCCCCN4CCN(c5cccc6sccc56)CC4)cc32)cn1)OCn1c(=O)ccc2ccc(OCCCCN3CCN(c4cccc5sccc45)CC3)cc21. The van der Waals surface area contributed by atoms with Crippen molar-refractivity contribution in [1.29, 1.82) is 0 Å². The van der Waals surface area contributed by atoms with Gasteiger partial charge in [0.25, 0.3) is 22.9 Å². The highest BCUT2D eigenvalue weighted by molar-refractivity contribution is 7.17. The molecule has 2 N–H and O–H groups in total. The molecule has 0 unspecified atom stereocenters. The van der Waals surface area contributed by atoms with E-state index in [4.69, 9.17) is 18.9 Å². The molecule has 0 saturated carbocycles. The van der Waals surface area contributed by atoms with Gasteiger partial charge in [-0.05, 0) is 159 Å². The smallest absolute Gasteiger partial charge is 0.307 e. The molecule has 22 heteroatoms. The summed E-state index contributed by atoms with van der Waals surface area (Å²) in [7, 11) is 0. The zero-order valence-corrected chi connectivity index (χ0v) is 52.2. The van der Waals surface area contributed by atoms with Crippen LogP contribution < -0.4 is 41.0 Å². The van der Waals surface area contributed by atoms with Crippen molar-refractivity contribution >= 4 is 99.8 Å². The Morgan fingerprint density at radius 2 is 0.911 bits per heavy atom. The van der Waals surface area contributed by atoms with Crippen LogP contribution in [0.15, 0.2) is 142 Å². The zero-order valence-electron chi connectivity index (χ0n) is 50.6. The lowest BCUT2D eigenvalue weighted by Gasteiger charge is -2.36.